The second kappa shape index (κ2) is 10.1. The number of aromatic nitrogens is 1. The maximum atomic E-state index is 5.35. The Morgan fingerprint density at radius 1 is 1.40 bits per heavy atom. The molecule has 0 saturated carbocycles. The highest BCUT2D eigenvalue weighted by molar-refractivity contribution is 7.09. The second-order valence-corrected chi connectivity index (χ2v) is 8.73. The largest absolute Gasteiger partial charge is 0.375 e. The molecular weight excluding hydrogens is 332 g/mol. The van der Waals surface area contributed by atoms with Crippen LogP contribution in [0, 0.1) is 11.3 Å². The predicted molar refractivity (Wildman–Crippen MR) is 108 cm³/mol. The molecule has 6 heteroatoms. The van der Waals surface area contributed by atoms with Crippen LogP contribution in [0.3, 0.4) is 0 Å². The van der Waals surface area contributed by atoms with Gasteiger partial charge >= 0.3 is 0 Å². The highest BCUT2D eigenvalue weighted by atomic mass is 32.1. The quantitative estimate of drug-likeness (QED) is 0.521. The van der Waals surface area contributed by atoms with Crippen LogP contribution in [0.4, 0.5) is 0 Å². The lowest BCUT2D eigenvalue weighted by Gasteiger charge is -2.27. The second-order valence-electron chi connectivity index (χ2n) is 7.84. The Kier molecular flexibility index (Phi) is 8.86. The third kappa shape index (κ3) is 7.74. The number of nitrogens with one attached hydrogen (secondary N) is 1. The fraction of sp³-hybridized carbons (Fsp3) is 0.789. The zero-order chi connectivity index (χ0) is 19.0. The fourth-order valence-corrected chi connectivity index (χ4v) is 3.77. The van der Waals surface area contributed by atoms with Crippen molar-refractivity contribution in [2.45, 2.75) is 60.6 Å². The lowest BCUT2D eigenvalue weighted by molar-refractivity contribution is 0.119. The van der Waals surface area contributed by atoms with Gasteiger partial charge in [0.15, 0.2) is 5.96 Å². The van der Waals surface area contributed by atoms with E-state index in [0.717, 1.165) is 36.3 Å². The number of hydrogen-bond acceptors (Lipinski definition) is 4. The zero-order valence-electron chi connectivity index (χ0n) is 17.2. The average Bonchev–Trinajstić information content (AvgIpc) is 2.97. The summed E-state index contributed by atoms with van der Waals surface area (Å²) in [5, 5.41) is 6.52. The highest BCUT2D eigenvalue weighted by Crippen LogP contribution is 2.25. The number of methoxy groups -OCH3 is 1. The van der Waals surface area contributed by atoms with E-state index < -0.39 is 0 Å². The lowest BCUT2D eigenvalue weighted by atomic mass is 9.84. The zero-order valence-corrected chi connectivity index (χ0v) is 18.0. The third-order valence-electron chi connectivity index (χ3n) is 3.98. The van der Waals surface area contributed by atoms with E-state index in [9.17, 15) is 0 Å². The van der Waals surface area contributed by atoms with Crippen LogP contribution in [0.25, 0.3) is 0 Å². The summed E-state index contributed by atoms with van der Waals surface area (Å²) >= 11 is 1.65. The predicted octanol–water partition coefficient (Wildman–Crippen LogP) is 4.32. The SMILES string of the molecule is CCNC(=NCC(C)(C)CC(C)C)N(C)Cc1csc(C(C)OC)n1. The molecule has 1 N–H and O–H groups in total. The summed E-state index contributed by atoms with van der Waals surface area (Å²) in [6, 6.07) is 0. The maximum absolute atomic E-state index is 5.35. The van der Waals surface area contributed by atoms with Crippen LogP contribution < -0.4 is 5.32 Å². The van der Waals surface area contributed by atoms with Gasteiger partial charge in [0, 0.05) is 32.6 Å². The topological polar surface area (TPSA) is 49.8 Å². The minimum Gasteiger partial charge on any atom is -0.375 e. The van der Waals surface area contributed by atoms with Crippen molar-refractivity contribution in [3.05, 3.63) is 16.1 Å². The van der Waals surface area contributed by atoms with Gasteiger partial charge in [-0.15, -0.1) is 11.3 Å². The number of thiazole rings is 1. The third-order valence-corrected chi connectivity index (χ3v) is 5.04. The molecule has 0 aliphatic carbocycles. The minimum atomic E-state index is 0.0443. The molecular formula is C19H36N4OS. The van der Waals surface area contributed by atoms with E-state index in [1.165, 1.54) is 6.42 Å². The standard InChI is InChI=1S/C19H36N4OS/c1-9-20-18(21-13-19(5,6)10-14(2)3)23(7)11-16-12-25-17(22-16)15(4)24-8/h12,14-15H,9-11,13H2,1-8H3,(H,20,21). The maximum Gasteiger partial charge on any atom is 0.194 e. The first kappa shape index (κ1) is 21.9. The van der Waals surface area contributed by atoms with Crippen molar-refractivity contribution in [2.24, 2.45) is 16.3 Å². The van der Waals surface area contributed by atoms with Gasteiger partial charge in [0.05, 0.1) is 12.2 Å². The average molecular weight is 369 g/mol. The van der Waals surface area contributed by atoms with E-state index in [0.29, 0.717) is 5.92 Å². The fourth-order valence-electron chi connectivity index (χ4n) is 2.93. The summed E-state index contributed by atoms with van der Waals surface area (Å²) in [7, 11) is 3.78. The highest BCUT2D eigenvalue weighted by Gasteiger charge is 2.20. The van der Waals surface area contributed by atoms with Crippen LogP contribution >= 0.6 is 11.3 Å². The van der Waals surface area contributed by atoms with Crippen molar-refractivity contribution >= 4 is 17.3 Å². The number of ether oxygens (including phenoxy) is 1. The molecule has 1 heterocycles. The van der Waals surface area contributed by atoms with E-state index in [1.807, 2.05) is 6.92 Å². The minimum absolute atomic E-state index is 0.0443. The van der Waals surface area contributed by atoms with Crippen molar-refractivity contribution < 1.29 is 4.74 Å². The Morgan fingerprint density at radius 2 is 2.08 bits per heavy atom. The Bertz CT molecular complexity index is 539. The molecule has 0 spiro atoms. The van der Waals surface area contributed by atoms with E-state index in [1.54, 1.807) is 18.4 Å². The van der Waals surface area contributed by atoms with Gasteiger partial charge in [-0.2, -0.15) is 0 Å². The molecule has 1 aromatic rings. The van der Waals surface area contributed by atoms with Crippen LogP contribution in [0.2, 0.25) is 0 Å². The number of aliphatic imine (C=N–C) groups is 1. The molecule has 5 nitrogen and oxygen atoms in total. The van der Waals surface area contributed by atoms with Crippen molar-refractivity contribution in [3.8, 4) is 0 Å². The van der Waals surface area contributed by atoms with Crippen LogP contribution in [-0.2, 0) is 11.3 Å². The van der Waals surface area contributed by atoms with E-state index in [-0.39, 0.29) is 11.5 Å². The summed E-state index contributed by atoms with van der Waals surface area (Å²) in [4.78, 5) is 11.7. The number of nitrogens with zero attached hydrogens (tertiary/aromatic N) is 3. The van der Waals surface area contributed by atoms with E-state index in [2.05, 4.69) is 62.2 Å². The molecule has 1 unspecified atom stereocenters. The summed E-state index contributed by atoms with van der Waals surface area (Å²) < 4.78 is 5.35. The summed E-state index contributed by atoms with van der Waals surface area (Å²) in [6.07, 6.45) is 1.21. The molecule has 0 aliphatic heterocycles. The van der Waals surface area contributed by atoms with Crippen LogP contribution in [0.15, 0.2) is 10.4 Å². The summed E-state index contributed by atoms with van der Waals surface area (Å²) in [5.41, 5.74) is 1.26. The smallest absolute Gasteiger partial charge is 0.194 e. The molecule has 0 amide bonds. The molecule has 25 heavy (non-hydrogen) atoms. The van der Waals surface area contributed by atoms with Crippen molar-refractivity contribution in [3.63, 3.8) is 0 Å². The Labute approximate surface area is 157 Å². The van der Waals surface area contributed by atoms with Gasteiger partial charge in [-0.3, -0.25) is 4.99 Å². The van der Waals surface area contributed by atoms with Crippen LogP contribution in [0.5, 0.6) is 0 Å². The van der Waals surface area contributed by atoms with Crippen molar-refractivity contribution in [1.29, 1.82) is 0 Å². The van der Waals surface area contributed by atoms with Gasteiger partial charge in [-0.1, -0.05) is 27.7 Å². The Hall–Kier alpha value is -1.14. The molecule has 144 valence electrons. The normalized spacial score (nSPS) is 14.0. The van der Waals surface area contributed by atoms with Gasteiger partial charge in [0.2, 0.25) is 0 Å². The number of guanidine groups is 1. The van der Waals surface area contributed by atoms with Crippen LogP contribution in [0.1, 0.15) is 64.8 Å². The van der Waals surface area contributed by atoms with Crippen molar-refractivity contribution in [1.82, 2.24) is 15.2 Å². The molecule has 0 bridgehead atoms. The molecule has 0 fully saturated rings. The summed E-state index contributed by atoms with van der Waals surface area (Å²) in [5.74, 6) is 1.62. The first-order valence-corrected chi connectivity index (χ1v) is 10.0. The molecule has 0 radical (unpaired) electrons. The first-order chi connectivity index (χ1) is 11.7. The van der Waals surface area contributed by atoms with Gasteiger partial charge in [0.25, 0.3) is 0 Å². The van der Waals surface area contributed by atoms with E-state index >= 15 is 0 Å². The molecule has 1 rings (SSSR count). The summed E-state index contributed by atoms with van der Waals surface area (Å²) in [6.45, 7) is 15.7. The molecule has 0 aliphatic rings. The van der Waals surface area contributed by atoms with E-state index in [4.69, 9.17) is 9.73 Å². The number of rotatable bonds is 9. The molecule has 0 saturated heterocycles. The Balaban J connectivity index is 2.76. The Morgan fingerprint density at radius 3 is 2.64 bits per heavy atom. The molecule has 1 atom stereocenters. The van der Waals surface area contributed by atoms with Gasteiger partial charge in [0.1, 0.15) is 11.1 Å². The van der Waals surface area contributed by atoms with Crippen LogP contribution in [-0.4, -0.2) is 43.1 Å². The molecule has 1 aromatic heterocycles. The van der Waals surface area contributed by atoms with Crippen molar-refractivity contribution in [2.75, 3.05) is 27.2 Å². The van der Waals surface area contributed by atoms with Gasteiger partial charge < -0.3 is 15.0 Å². The number of hydrogen-bond donors (Lipinski definition) is 1. The monoisotopic (exact) mass is 368 g/mol. The molecule has 0 aromatic carbocycles. The lowest BCUT2D eigenvalue weighted by Crippen LogP contribution is -2.39. The van der Waals surface area contributed by atoms with Gasteiger partial charge in [-0.25, -0.2) is 4.98 Å². The first-order valence-electron chi connectivity index (χ1n) is 9.15. The van der Waals surface area contributed by atoms with Gasteiger partial charge in [-0.05, 0) is 31.6 Å².